The average molecular weight is 221 g/mol. The topological polar surface area (TPSA) is 68.8 Å². The molecule has 1 N–H and O–H groups in total. The Hall–Kier alpha value is -1.69. The zero-order valence-corrected chi connectivity index (χ0v) is 9.26. The molecule has 0 fully saturated rings. The van der Waals surface area contributed by atoms with Crippen LogP contribution in [0.15, 0.2) is 23.2 Å². The van der Waals surface area contributed by atoms with Gasteiger partial charge in [0.15, 0.2) is 5.82 Å². The molecule has 2 heterocycles. The average Bonchev–Trinajstić information content (AvgIpc) is 2.95. The maximum absolute atomic E-state index is 4.65. The first-order valence-electron chi connectivity index (χ1n) is 5.37. The summed E-state index contributed by atoms with van der Waals surface area (Å²) in [5, 5.41) is 11.3. The van der Waals surface area contributed by atoms with Gasteiger partial charge in [-0.05, 0) is 13.0 Å². The third-order valence-electron chi connectivity index (χ3n) is 2.34. The van der Waals surface area contributed by atoms with Gasteiger partial charge in [-0.15, -0.1) is 0 Å². The quantitative estimate of drug-likeness (QED) is 0.724. The van der Waals surface area contributed by atoms with Crippen LogP contribution in [-0.2, 0) is 19.5 Å². The van der Waals surface area contributed by atoms with Gasteiger partial charge in [-0.3, -0.25) is 4.68 Å². The van der Waals surface area contributed by atoms with E-state index >= 15 is 0 Å². The Balaban J connectivity index is 1.72. The Morgan fingerprint density at radius 3 is 3.19 bits per heavy atom. The second-order valence-electron chi connectivity index (χ2n) is 3.41. The molecule has 2 aromatic heterocycles. The predicted molar refractivity (Wildman–Crippen MR) is 57.6 cm³/mol. The fourth-order valence-corrected chi connectivity index (χ4v) is 1.51. The molecule has 0 amide bonds. The lowest BCUT2D eigenvalue weighted by atomic mass is 10.3. The molecule has 16 heavy (non-hydrogen) atoms. The summed E-state index contributed by atoms with van der Waals surface area (Å²) in [7, 11) is 0. The third-order valence-corrected chi connectivity index (χ3v) is 2.34. The molecule has 2 aromatic rings. The van der Waals surface area contributed by atoms with Gasteiger partial charge in [-0.25, -0.2) is 0 Å². The Kier molecular flexibility index (Phi) is 3.66. The van der Waals surface area contributed by atoms with Gasteiger partial charge in [0, 0.05) is 32.3 Å². The molecule has 0 spiro atoms. The Morgan fingerprint density at radius 2 is 2.44 bits per heavy atom. The number of hydrogen-bond donors (Lipinski definition) is 1. The first kappa shape index (κ1) is 10.8. The Bertz CT molecular complexity index is 409. The lowest BCUT2D eigenvalue weighted by Crippen LogP contribution is -2.19. The zero-order valence-electron chi connectivity index (χ0n) is 9.26. The Labute approximate surface area is 93.7 Å². The molecule has 0 saturated carbocycles. The largest absolute Gasteiger partial charge is 0.343 e. The number of nitrogens with one attached hydrogen (secondary N) is 1. The van der Waals surface area contributed by atoms with Crippen LogP contribution in [0.1, 0.15) is 18.4 Å². The first-order chi connectivity index (χ1) is 7.90. The van der Waals surface area contributed by atoms with Crippen molar-refractivity contribution in [1.29, 1.82) is 0 Å². The van der Waals surface area contributed by atoms with E-state index in [9.17, 15) is 0 Å². The lowest BCUT2D eigenvalue weighted by molar-refractivity contribution is 0.409. The van der Waals surface area contributed by atoms with Crippen LogP contribution in [0.25, 0.3) is 0 Å². The van der Waals surface area contributed by atoms with E-state index in [1.165, 1.54) is 12.1 Å². The molecule has 0 saturated heterocycles. The molecular weight excluding hydrogens is 206 g/mol. The molecule has 0 aromatic carbocycles. The van der Waals surface area contributed by atoms with Gasteiger partial charge < -0.3 is 9.84 Å². The van der Waals surface area contributed by atoms with Crippen LogP contribution in [0.5, 0.6) is 0 Å². The van der Waals surface area contributed by atoms with Crippen LogP contribution in [0.3, 0.4) is 0 Å². The van der Waals surface area contributed by atoms with E-state index in [2.05, 4.69) is 32.0 Å². The summed E-state index contributed by atoms with van der Waals surface area (Å²) in [5.74, 6) is 0.733. The molecule has 0 unspecified atom stereocenters. The summed E-state index contributed by atoms with van der Waals surface area (Å²) in [6.45, 7) is 4.62. The Morgan fingerprint density at radius 1 is 1.50 bits per heavy atom. The van der Waals surface area contributed by atoms with Gasteiger partial charge in [-0.2, -0.15) is 10.1 Å². The second kappa shape index (κ2) is 5.41. The van der Waals surface area contributed by atoms with Gasteiger partial charge in [0.1, 0.15) is 0 Å². The number of aryl methyl sites for hydroxylation is 1. The van der Waals surface area contributed by atoms with Crippen molar-refractivity contribution in [1.82, 2.24) is 25.2 Å². The van der Waals surface area contributed by atoms with Crippen molar-refractivity contribution in [3.63, 3.8) is 0 Å². The van der Waals surface area contributed by atoms with E-state index in [1.54, 1.807) is 0 Å². The molecule has 6 heteroatoms. The normalized spacial score (nSPS) is 10.8. The van der Waals surface area contributed by atoms with Crippen LogP contribution in [0, 0.1) is 0 Å². The van der Waals surface area contributed by atoms with Gasteiger partial charge >= 0.3 is 0 Å². The highest BCUT2D eigenvalue weighted by molar-refractivity contribution is 4.99. The summed E-state index contributed by atoms with van der Waals surface area (Å²) in [6.07, 6.45) is 3.94. The smallest absolute Gasteiger partial charge is 0.213 e. The van der Waals surface area contributed by atoms with E-state index in [0.29, 0.717) is 0 Å². The van der Waals surface area contributed by atoms with Crippen molar-refractivity contribution in [2.75, 3.05) is 6.54 Å². The molecule has 86 valence electrons. The molecule has 0 atom stereocenters. The molecule has 0 radical (unpaired) electrons. The minimum absolute atomic E-state index is 0.733. The number of nitrogens with zero attached hydrogens (tertiary/aromatic N) is 4. The fourth-order valence-electron chi connectivity index (χ4n) is 1.51. The molecule has 0 bridgehead atoms. The lowest BCUT2D eigenvalue weighted by Gasteiger charge is -2.05. The number of hydrogen-bond acceptors (Lipinski definition) is 5. The van der Waals surface area contributed by atoms with Gasteiger partial charge in [0.2, 0.25) is 6.39 Å². The van der Waals surface area contributed by atoms with Crippen molar-refractivity contribution in [2.45, 2.75) is 26.4 Å². The molecule has 0 aliphatic heterocycles. The van der Waals surface area contributed by atoms with E-state index in [-0.39, 0.29) is 0 Å². The second-order valence-corrected chi connectivity index (χ2v) is 3.41. The SMILES string of the molecule is CCn1nccc1CNCCc1ncon1. The van der Waals surface area contributed by atoms with Gasteiger partial charge in [0.05, 0.1) is 5.69 Å². The van der Waals surface area contributed by atoms with Crippen LogP contribution in [0.2, 0.25) is 0 Å². The van der Waals surface area contributed by atoms with Crippen LogP contribution >= 0.6 is 0 Å². The van der Waals surface area contributed by atoms with E-state index in [4.69, 9.17) is 0 Å². The van der Waals surface area contributed by atoms with Crippen LogP contribution in [0.4, 0.5) is 0 Å². The first-order valence-corrected chi connectivity index (χ1v) is 5.37. The fraction of sp³-hybridized carbons (Fsp3) is 0.500. The predicted octanol–water partition coefficient (Wildman–Crippen LogP) is 0.618. The van der Waals surface area contributed by atoms with Crippen molar-refractivity contribution in [2.24, 2.45) is 0 Å². The maximum atomic E-state index is 4.65. The van der Waals surface area contributed by atoms with E-state index in [0.717, 1.165) is 31.9 Å². The summed E-state index contributed by atoms with van der Waals surface area (Å²) in [6, 6.07) is 2.02. The number of aromatic nitrogens is 4. The van der Waals surface area contributed by atoms with Crippen molar-refractivity contribution >= 4 is 0 Å². The summed E-state index contributed by atoms with van der Waals surface area (Å²) < 4.78 is 6.62. The third kappa shape index (κ3) is 2.66. The maximum Gasteiger partial charge on any atom is 0.213 e. The summed E-state index contributed by atoms with van der Waals surface area (Å²) >= 11 is 0. The molecule has 0 aliphatic carbocycles. The van der Waals surface area contributed by atoms with E-state index in [1.807, 2.05) is 16.9 Å². The van der Waals surface area contributed by atoms with Crippen molar-refractivity contribution in [3.05, 3.63) is 30.2 Å². The molecule has 6 nitrogen and oxygen atoms in total. The van der Waals surface area contributed by atoms with Gasteiger partial charge in [0.25, 0.3) is 0 Å². The van der Waals surface area contributed by atoms with Crippen LogP contribution in [-0.4, -0.2) is 26.5 Å². The van der Waals surface area contributed by atoms with Gasteiger partial charge in [-0.1, -0.05) is 5.16 Å². The number of rotatable bonds is 6. The molecular formula is C10H15N5O. The van der Waals surface area contributed by atoms with Crippen molar-refractivity contribution < 1.29 is 4.52 Å². The highest BCUT2D eigenvalue weighted by atomic mass is 16.5. The monoisotopic (exact) mass is 221 g/mol. The standard InChI is InChI=1S/C10H15N5O/c1-2-15-9(3-6-13-15)7-11-5-4-10-12-8-16-14-10/h3,6,8,11H,2,4-5,7H2,1H3. The minimum atomic E-state index is 0.733. The summed E-state index contributed by atoms with van der Waals surface area (Å²) in [5.41, 5.74) is 1.19. The minimum Gasteiger partial charge on any atom is -0.343 e. The van der Waals surface area contributed by atoms with E-state index < -0.39 is 0 Å². The highest BCUT2D eigenvalue weighted by Gasteiger charge is 2.01. The molecule has 2 rings (SSSR count). The zero-order chi connectivity index (χ0) is 11.2. The van der Waals surface area contributed by atoms with Crippen LogP contribution < -0.4 is 5.32 Å². The molecule has 0 aliphatic rings. The highest BCUT2D eigenvalue weighted by Crippen LogP contribution is 1.98. The van der Waals surface area contributed by atoms with Crippen molar-refractivity contribution in [3.8, 4) is 0 Å². The summed E-state index contributed by atoms with van der Waals surface area (Å²) in [4.78, 5) is 3.95.